The van der Waals surface area contributed by atoms with Gasteiger partial charge < -0.3 is 9.64 Å². The third kappa shape index (κ3) is 4.03. The van der Waals surface area contributed by atoms with Crippen LogP contribution in [0, 0.1) is 12.8 Å². The summed E-state index contributed by atoms with van der Waals surface area (Å²) in [5.74, 6) is 1.89. The zero-order chi connectivity index (χ0) is 19.9. The Morgan fingerprint density at radius 3 is 2.56 bits per heavy atom. The SMILES string of the molecule is CCOc1cc(C)c(CN2C[C@H]3[C@H](N(C)C)CS(=O)(=O)[C@H]3C2)cc1C(C)C. The van der Waals surface area contributed by atoms with Gasteiger partial charge in [-0.05, 0) is 56.6 Å². The fourth-order valence-corrected chi connectivity index (χ4v) is 7.17. The molecule has 152 valence electrons. The zero-order valence-corrected chi connectivity index (χ0v) is 18.3. The van der Waals surface area contributed by atoms with E-state index in [9.17, 15) is 8.42 Å². The number of nitrogens with zero attached hydrogens (tertiary/aromatic N) is 2. The Kier molecular flexibility index (Phi) is 5.90. The van der Waals surface area contributed by atoms with Crippen molar-refractivity contribution in [2.45, 2.75) is 51.4 Å². The van der Waals surface area contributed by atoms with Gasteiger partial charge in [0.2, 0.25) is 0 Å². The van der Waals surface area contributed by atoms with Crippen LogP contribution in [0.3, 0.4) is 0 Å². The van der Waals surface area contributed by atoms with Gasteiger partial charge >= 0.3 is 0 Å². The van der Waals surface area contributed by atoms with E-state index in [1.54, 1.807) is 0 Å². The number of benzene rings is 1. The molecule has 6 heteroatoms. The average Bonchev–Trinajstić information content (AvgIpc) is 3.08. The lowest BCUT2D eigenvalue weighted by Gasteiger charge is -2.25. The van der Waals surface area contributed by atoms with Gasteiger partial charge in [0.15, 0.2) is 9.84 Å². The van der Waals surface area contributed by atoms with E-state index in [-0.39, 0.29) is 17.2 Å². The first-order valence-corrected chi connectivity index (χ1v) is 11.7. The van der Waals surface area contributed by atoms with Crippen molar-refractivity contribution in [2.75, 3.05) is 39.5 Å². The molecule has 0 saturated carbocycles. The van der Waals surface area contributed by atoms with Crippen molar-refractivity contribution in [3.63, 3.8) is 0 Å². The van der Waals surface area contributed by atoms with Gasteiger partial charge in [-0.1, -0.05) is 19.9 Å². The number of ether oxygens (including phenoxy) is 1. The van der Waals surface area contributed by atoms with Crippen LogP contribution in [0.15, 0.2) is 12.1 Å². The van der Waals surface area contributed by atoms with E-state index in [2.05, 4.69) is 42.7 Å². The molecule has 0 N–H and O–H groups in total. The van der Waals surface area contributed by atoms with Crippen LogP contribution in [0.25, 0.3) is 0 Å². The van der Waals surface area contributed by atoms with Crippen LogP contribution >= 0.6 is 0 Å². The van der Waals surface area contributed by atoms with E-state index >= 15 is 0 Å². The summed E-state index contributed by atoms with van der Waals surface area (Å²) >= 11 is 0. The lowest BCUT2D eigenvalue weighted by molar-refractivity contribution is 0.229. The number of rotatable bonds is 6. The Bertz CT molecular complexity index is 789. The minimum atomic E-state index is -2.99. The van der Waals surface area contributed by atoms with E-state index in [0.29, 0.717) is 24.8 Å². The smallest absolute Gasteiger partial charge is 0.156 e. The third-order valence-electron chi connectivity index (χ3n) is 6.19. The molecule has 2 aliphatic rings. The number of hydrogen-bond acceptors (Lipinski definition) is 5. The summed E-state index contributed by atoms with van der Waals surface area (Å²) in [5, 5.41) is -0.211. The Hall–Kier alpha value is -1.11. The van der Waals surface area contributed by atoms with Gasteiger partial charge in [-0.3, -0.25) is 4.90 Å². The number of likely N-dealkylation sites (tertiary alicyclic amines) is 1. The summed E-state index contributed by atoms with van der Waals surface area (Å²) in [6.45, 7) is 11.5. The topological polar surface area (TPSA) is 49.9 Å². The summed E-state index contributed by atoms with van der Waals surface area (Å²) in [7, 11) is 1.00. The molecule has 2 aliphatic heterocycles. The maximum absolute atomic E-state index is 12.6. The van der Waals surface area contributed by atoms with Crippen molar-refractivity contribution < 1.29 is 13.2 Å². The third-order valence-corrected chi connectivity index (χ3v) is 8.42. The molecule has 0 spiro atoms. The van der Waals surface area contributed by atoms with Crippen LogP contribution in [0.4, 0.5) is 0 Å². The van der Waals surface area contributed by atoms with Crippen LogP contribution in [-0.2, 0) is 16.4 Å². The van der Waals surface area contributed by atoms with Gasteiger partial charge in [-0.15, -0.1) is 0 Å². The fourth-order valence-electron chi connectivity index (χ4n) is 4.66. The van der Waals surface area contributed by atoms with Gasteiger partial charge in [-0.2, -0.15) is 0 Å². The minimum Gasteiger partial charge on any atom is -0.494 e. The van der Waals surface area contributed by atoms with Crippen molar-refractivity contribution in [1.29, 1.82) is 0 Å². The molecule has 27 heavy (non-hydrogen) atoms. The predicted octanol–water partition coefficient (Wildman–Crippen LogP) is 2.68. The first kappa shape index (κ1) is 20.6. The second kappa shape index (κ2) is 7.72. The molecule has 2 saturated heterocycles. The Morgan fingerprint density at radius 2 is 1.96 bits per heavy atom. The second-order valence-corrected chi connectivity index (χ2v) is 10.9. The Morgan fingerprint density at radius 1 is 1.26 bits per heavy atom. The van der Waals surface area contributed by atoms with E-state index < -0.39 is 9.84 Å². The van der Waals surface area contributed by atoms with Crippen molar-refractivity contribution in [2.24, 2.45) is 5.92 Å². The molecular weight excluding hydrogens is 360 g/mol. The largest absolute Gasteiger partial charge is 0.494 e. The van der Waals surface area contributed by atoms with Crippen LogP contribution in [-0.4, -0.2) is 69.1 Å². The van der Waals surface area contributed by atoms with E-state index in [0.717, 1.165) is 18.8 Å². The van der Waals surface area contributed by atoms with Gasteiger partial charge in [0, 0.05) is 31.6 Å². The quantitative estimate of drug-likeness (QED) is 0.742. The number of fused-ring (bicyclic) bond motifs is 1. The molecule has 0 aliphatic carbocycles. The molecule has 0 aromatic heterocycles. The molecule has 1 aromatic rings. The minimum absolute atomic E-state index is 0.137. The molecule has 0 unspecified atom stereocenters. The monoisotopic (exact) mass is 394 g/mol. The molecule has 0 bridgehead atoms. The highest BCUT2D eigenvalue weighted by Crippen LogP contribution is 2.37. The summed E-state index contributed by atoms with van der Waals surface area (Å²) < 4.78 is 31.1. The first-order valence-electron chi connectivity index (χ1n) is 10.0. The number of hydrogen-bond donors (Lipinski definition) is 0. The summed E-state index contributed by atoms with van der Waals surface area (Å²) in [6.07, 6.45) is 0. The van der Waals surface area contributed by atoms with E-state index in [4.69, 9.17) is 4.74 Å². The molecule has 3 atom stereocenters. The van der Waals surface area contributed by atoms with Gasteiger partial charge in [-0.25, -0.2) is 8.42 Å². The van der Waals surface area contributed by atoms with Crippen LogP contribution < -0.4 is 4.74 Å². The first-order chi connectivity index (χ1) is 12.6. The van der Waals surface area contributed by atoms with Crippen LogP contribution in [0.1, 0.15) is 43.4 Å². The summed E-state index contributed by atoms with van der Waals surface area (Å²) in [6, 6.07) is 4.54. The maximum Gasteiger partial charge on any atom is 0.156 e. The number of aryl methyl sites for hydroxylation is 1. The normalized spacial score (nSPS) is 27.5. The summed E-state index contributed by atoms with van der Waals surface area (Å²) in [4.78, 5) is 4.42. The van der Waals surface area contributed by atoms with Gasteiger partial charge in [0.1, 0.15) is 5.75 Å². The molecule has 2 heterocycles. The maximum atomic E-state index is 12.6. The highest BCUT2D eigenvalue weighted by Gasteiger charge is 2.52. The van der Waals surface area contributed by atoms with Crippen molar-refractivity contribution >= 4 is 9.84 Å². The molecule has 1 aromatic carbocycles. The average molecular weight is 395 g/mol. The van der Waals surface area contributed by atoms with Crippen molar-refractivity contribution in [3.05, 3.63) is 28.8 Å². The highest BCUT2D eigenvalue weighted by atomic mass is 32.2. The summed E-state index contributed by atoms with van der Waals surface area (Å²) in [5.41, 5.74) is 3.73. The van der Waals surface area contributed by atoms with Crippen LogP contribution in [0.5, 0.6) is 5.75 Å². The molecule has 5 nitrogen and oxygen atoms in total. The second-order valence-electron chi connectivity index (χ2n) is 8.66. The molecular formula is C21H34N2O3S. The standard InChI is InChI=1S/C21H34N2O3S/c1-7-26-20-8-15(4)16(9-17(20)14(2)3)10-23-11-18-19(22(5)6)13-27(24,25)21(18)12-23/h8-9,14,18-19,21H,7,10-13H2,1-6H3/t18-,19+,21-/m0/s1. The van der Waals surface area contributed by atoms with Gasteiger partial charge in [0.25, 0.3) is 0 Å². The van der Waals surface area contributed by atoms with Crippen molar-refractivity contribution in [1.82, 2.24) is 9.80 Å². The van der Waals surface area contributed by atoms with E-state index in [1.165, 1.54) is 16.7 Å². The Balaban J connectivity index is 1.82. The van der Waals surface area contributed by atoms with Crippen molar-refractivity contribution in [3.8, 4) is 5.75 Å². The molecule has 2 fully saturated rings. The lowest BCUT2D eigenvalue weighted by atomic mass is 9.96. The fraction of sp³-hybridized carbons (Fsp3) is 0.714. The predicted molar refractivity (Wildman–Crippen MR) is 110 cm³/mol. The zero-order valence-electron chi connectivity index (χ0n) is 17.5. The lowest BCUT2D eigenvalue weighted by Crippen LogP contribution is -2.37. The number of sulfone groups is 1. The molecule has 0 amide bonds. The molecule has 0 radical (unpaired) electrons. The van der Waals surface area contributed by atoms with E-state index in [1.807, 2.05) is 21.0 Å². The van der Waals surface area contributed by atoms with Gasteiger partial charge in [0.05, 0.1) is 17.6 Å². The van der Waals surface area contributed by atoms with Crippen LogP contribution in [0.2, 0.25) is 0 Å². The Labute approximate surface area is 164 Å². The molecule has 3 rings (SSSR count). The highest BCUT2D eigenvalue weighted by molar-refractivity contribution is 7.92.